The Balaban J connectivity index is 1.67. The molecular weight excluding hydrogens is 428 g/mol. The van der Waals surface area contributed by atoms with Crippen LogP contribution in [0.3, 0.4) is 0 Å². The van der Waals surface area contributed by atoms with E-state index < -0.39 is 0 Å². The smallest absolute Gasteiger partial charge is 0.265 e. The van der Waals surface area contributed by atoms with E-state index in [2.05, 4.69) is 15.2 Å². The predicted octanol–water partition coefficient (Wildman–Crippen LogP) is 4.19. The molecule has 5 rings (SSSR count). The molecule has 0 unspecified atom stereocenters. The fraction of sp³-hybridized carbons (Fsp3) is 0.217. The monoisotopic (exact) mass is 448 g/mol. The average Bonchev–Trinajstić information content (AvgIpc) is 3.57. The average molecular weight is 449 g/mol. The van der Waals surface area contributed by atoms with E-state index in [1.807, 2.05) is 6.07 Å². The second-order valence-corrected chi connectivity index (χ2v) is 8.41. The zero-order chi connectivity index (χ0) is 22.2. The van der Waals surface area contributed by atoms with Gasteiger partial charge in [0.25, 0.3) is 5.56 Å². The van der Waals surface area contributed by atoms with E-state index in [4.69, 9.17) is 9.47 Å². The topological polar surface area (TPSA) is 98.8 Å². The van der Waals surface area contributed by atoms with Crippen LogP contribution in [0, 0.1) is 0 Å². The summed E-state index contributed by atoms with van der Waals surface area (Å²) < 4.78 is 11.9. The van der Waals surface area contributed by atoms with Gasteiger partial charge in [0, 0.05) is 29.0 Å². The van der Waals surface area contributed by atoms with Crippen molar-refractivity contribution in [3.63, 3.8) is 0 Å². The molecule has 4 aromatic rings. The molecule has 0 radical (unpaired) electrons. The summed E-state index contributed by atoms with van der Waals surface area (Å²) in [5.74, 6) is 1.24. The van der Waals surface area contributed by atoms with Gasteiger partial charge in [-0.05, 0) is 31.0 Å². The number of aliphatic imine (C=N–C) groups is 1. The number of nitrogens with zero attached hydrogens (tertiary/aromatic N) is 4. The number of ether oxygens (including phenoxy) is 2. The van der Waals surface area contributed by atoms with Crippen molar-refractivity contribution in [2.75, 3.05) is 14.2 Å². The number of hydrogen-bond donors (Lipinski definition) is 1. The van der Waals surface area contributed by atoms with Crippen LogP contribution in [0.1, 0.15) is 29.3 Å². The zero-order valence-corrected chi connectivity index (χ0v) is 18.3. The van der Waals surface area contributed by atoms with Crippen LogP contribution in [0.25, 0.3) is 16.5 Å². The third-order valence-electron chi connectivity index (χ3n) is 5.39. The van der Waals surface area contributed by atoms with Crippen molar-refractivity contribution in [3.8, 4) is 23.1 Å². The molecule has 8 nitrogen and oxygen atoms in total. The summed E-state index contributed by atoms with van der Waals surface area (Å²) >= 11 is 1.45. The van der Waals surface area contributed by atoms with Gasteiger partial charge < -0.3 is 14.6 Å². The Morgan fingerprint density at radius 1 is 1.09 bits per heavy atom. The number of rotatable bonds is 6. The van der Waals surface area contributed by atoms with Crippen molar-refractivity contribution < 1.29 is 14.6 Å². The molecule has 2 aromatic heterocycles. The molecule has 9 heteroatoms. The maximum Gasteiger partial charge on any atom is 0.265 e. The lowest BCUT2D eigenvalue weighted by Crippen LogP contribution is -2.20. The number of methoxy groups -OCH3 is 2. The Morgan fingerprint density at radius 3 is 2.56 bits per heavy atom. The summed E-state index contributed by atoms with van der Waals surface area (Å²) in [6.45, 7) is 0. The van der Waals surface area contributed by atoms with Crippen molar-refractivity contribution in [1.82, 2.24) is 14.8 Å². The van der Waals surface area contributed by atoms with Crippen LogP contribution in [0.2, 0.25) is 0 Å². The first kappa shape index (κ1) is 20.2. The predicted molar refractivity (Wildman–Crippen MR) is 123 cm³/mol. The number of aromatic nitrogens is 3. The highest BCUT2D eigenvalue weighted by atomic mass is 32.1. The van der Waals surface area contributed by atoms with Crippen molar-refractivity contribution in [2.24, 2.45) is 4.99 Å². The Kier molecular flexibility index (Phi) is 5.10. The van der Waals surface area contributed by atoms with Gasteiger partial charge in [-0.2, -0.15) is 0 Å². The van der Waals surface area contributed by atoms with Gasteiger partial charge in [-0.3, -0.25) is 4.79 Å². The van der Waals surface area contributed by atoms with E-state index in [1.54, 1.807) is 36.4 Å². The Labute approximate surface area is 187 Å². The molecule has 162 valence electrons. The van der Waals surface area contributed by atoms with E-state index >= 15 is 0 Å². The largest absolute Gasteiger partial charge is 0.494 e. The van der Waals surface area contributed by atoms with Gasteiger partial charge >= 0.3 is 0 Å². The lowest BCUT2D eigenvalue weighted by atomic mass is 10.1. The molecule has 0 aliphatic heterocycles. The zero-order valence-electron chi connectivity index (χ0n) is 17.5. The summed E-state index contributed by atoms with van der Waals surface area (Å²) in [7, 11) is 3.05. The maximum atomic E-state index is 13.3. The highest BCUT2D eigenvalue weighted by Crippen LogP contribution is 2.42. The first-order chi connectivity index (χ1) is 15.6. The highest BCUT2D eigenvalue weighted by molar-refractivity contribution is 7.15. The highest BCUT2D eigenvalue weighted by Gasteiger charge is 2.27. The molecule has 0 saturated heterocycles. The van der Waals surface area contributed by atoms with Gasteiger partial charge in [0.1, 0.15) is 5.01 Å². The number of benzene rings is 2. The molecule has 2 heterocycles. The fourth-order valence-electron chi connectivity index (χ4n) is 3.59. The standard InChI is InChI=1S/C23H20N4O4S/c1-30-18-10-9-14(11-19(18)31-2)27-21(28)16-6-4-3-5-15(16)17(22(27)29)12-24-23-26-25-20(32-23)13-7-8-13/h3-6,9-13,29H,7-8H2,1-2H3/b24-12+. The van der Waals surface area contributed by atoms with Crippen LogP contribution in [0.5, 0.6) is 17.4 Å². The second kappa shape index (κ2) is 8.08. The molecule has 2 aromatic carbocycles. The molecule has 32 heavy (non-hydrogen) atoms. The van der Waals surface area contributed by atoms with E-state index in [9.17, 15) is 9.90 Å². The summed E-state index contributed by atoms with van der Waals surface area (Å²) in [5.41, 5.74) is 0.505. The van der Waals surface area contributed by atoms with Crippen LogP contribution >= 0.6 is 11.3 Å². The molecule has 1 aliphatic rings. The molecule has 1 aliphatic carbocycles. The normalized spacial score (nSPS) is 13.7. The third-order valence-corrected chi connectivity index (χ3v) is 6.38. The molecule has 1 fully saturated rings. The van der Waals surface area contributed by atoms with Gasteiger partial charge in [-0.15, -0.1) is 10.2 Å². The van der Waals surface area contributed by atoms with Crippen LogP contribution in [0.4, 0.5) is 5.13 Å². The summed E-state index contributed by atoms with van der Waals surface area (Å²) in [5, 5.41) is 22.0. The molecule has 0 atom stereocenters. The van der Waals surface area contributed by atoms with Gasteiger partial charge in [-0.1, -0.05) is 29.5 Å². The molecule has 1 saturated carbocycles. The number of aromatic hydroxyl groups is 1. The minimum absolute atomic E-state index is 0.225. The molecule has 0 bridgehead atoms. The van der Waals surface area contributed by atoms with Crippen LogP contribution < -0.4 is 15.0 Å². The minimum atomic E-state index is -0.352. The van der Waals surface area contributed by atoms with Crippen LogP contribution in [-0.4, -0.2) is 40.3 Å². The lowest BCUT2D eigenvalue weighted by molar-refractivity contribution is 0.354. The first-order valence-corrected chi connectivity index (χ1v) is 10.9. The Hall–Kier alpha value is -3.72. The molecule has 0 spiro atoms. The molecular formula is C23H20N4O4S. The molecule has 0 amide bonds. The second-order valence-electron chi connectivity index (χ2n) is 7.42. The first-order valence-electron chi connectivity index (χ1n) is 10.1. The van der Waals surface area contributed by atoms with Gasteiger partial charge in [0.2, 0.25) is 11.0 Å². The summed E-state index contributed by atoms with van der Waals surface area (Å²) in [4.78, 5) is 17.7. The fourth-order valence-corrected chi connectivity index (χ4v) is 4.44. The Morgan fingerprint density at radius 2 is 1.84 bits per heavy atom. The quantitative estimate of drug-likeness (QED) is 0.444. The third kappa shape index (κ3) is 3.50. The molecule has 1 N–H and O–H groups in total. The number of fused-ring (bicyclic) bond motifs is 1. The lowest BCUT2D eigenvalue weighted by Gasteiger charge is -2.15. The van der Waals surface area contributed by atoms with Crippen molar-refractivity contribution in [3.05, 3.63) is 63.4 Å². The summed E-state index contributed by atoms with van der Waals surface area (Å²) in [6.07, 6.45) is 3.81. The van der Waals surface area contributed by atoms with Gasteiger partial charge in [-0.25, -0.2) is 9.56 Å². The van der Waals surface area contributed by atoms with Gasteiger partial charge in [0.05, 0.1) is 25.5 Å². The summed E-state index contributed by atoms with van der Waals surface area (Å²) in [6, 6.07) is 12.1. The van der Waals surface area contributed by atoms with E-state index in [0.717, 1.165) is 17.8 Å². The van der Waals surface area contributed by atoms with Crippen molar-refractivity contribution >= 4 is 33.5 Å². The minimum Gasteiger partial charge on any atom is -0.494 e. The number of pyridine rings is 1. The number of hydrogen-bond acceptors (Lipinski definition) is 8. The van der Waals surface area contributed by atoms with Crippen molar-refractivity contribution in [2.45, 2.75) is 18.8 Å². The van der Waals surface area contributed by atoms with Crippen molar-refractivity contribution in [1.29, 1.82) is 0 Å². The van der Waals surface area contributed by atoms with E-state index in [-0.39, 0.29) is 11.4 Å². The van der Waals surface area contributed by atoms with Crippen LogP contribution in [0.15, 0.2) is 52.3 Å². The van der Waals surface area contributed by atoms with Crippen LogP contribution in [-0.2, 0) is 0 Å². The Bertz CT molecular complexity index is 1410. The van der Waals surface area contributed by atoms with E-state index in [1.165, 1.54) is 36.3 Å². The SMILES string of the molecule is COc1ccc(-n2c(O)c(/C=N/c3nnc(C4CC4)s3)c3ccccc3c2=O)cc1OC. The van der Waals surface area contributed by atoms with E-state index in [0.29, 0.717) is 44.6 Å². The van der Waals surface area contributed by atoms with Gasteiger partial charge in [0.15, 0.2) is 11.5 Å². The maximum absolute atomic E-state index is 13.3.